The van der Waals surface area contributed by atoms with E-state index in [-0.39, 0.29) is 6.61 Å². The van der Waals surface area contributed by atoms with E-state index in [0.717, 1.165) is 0 Å². The van der Waals surface area contributed by atoms with E-state index >= 15 is 0 Å². The monoisotopic (exact) mass is 238 g/mol. The zero-order valence-corrected chi connectivity index (χ0v) is 9.48. The van der Waals surface area contributed by atoms with Crippen molar-refractivity contribution in [2.24, 2.45) is 7.05 Å². The van der Waals surface area contributed by atoms with Crippen LogP contribution in [-0.4, -0.2) is 14.8 Å². The Morgan fingerprint density at radius 3 is 2.81 bits per heavy atom. The van der Waals surface area contributed by atoms with Crippen molar-refractivity contribution in [1.29, 1.82) is 0 Å². The van der Waals surface area contributed by atoms with Crippen LogP contribution in [0.1, 0.15) is 5.82 Å². The average Bonchev–Trinajstić information content (AvgIpc) is 2.57. The van der Waals surface area contributed by atoms with Crippen LogP contribution in [0, 0.1) is 0 Å². The third kappa shape index (κ3) is 2.25. The van der Waals surface area contributed by atoms with Crippen LogP contribution in [0.15, 0.2) is 24.3 Å². The van der Waals surface area contributed by atoms with Crippen molar-refractivity contribution in [3.63, 3.8) is 0 Å². The minimum atomic E-state index is 0.245. The van der Waals surface area contributed by atoms with Gasteiger partial charge in [-0.05, 0) is 12.1 Å². The first-order valence-electron chi connectivity index (χ1n) is 4.69. The molecule has 1 aromatic heterocycles. The van der Waals surface area contributed by atoms with Crippen molar-refractivity contribution in [1.82, 2.24) is 14.8 Å². The third-order valence-electron chi connectivity index (χ3n) is 2.03. The number of halogens is 1. The fourth-order valence-electron chi connectivity index (χ4n) is 1.22. The number of nitrogens with two attached hydrogens (primary N) is 1. The molecule has 0 amide bonds. The molecule has 0 radical (unpaired) electrons. The van der Waals surface area contributed by atoms with Gasteiger partial charge < -0.3 is 10.5 Å². The molecule has 0 spiro atoms. The topological polar surface area (TPSA) is 66.0 Å². The smallest absolute Gasteiger partial charge is 0.218 e. The summed E-state index contributed by atoms with van der Waals surface area (Å²) in [6.07, 6.45) is 0. The Morgan fingerprint density at radius 1 is 1.44 bits per heavy atom. The van der Waals surface area contributed by atoms with E-state index in [1.165, 1.54) is 4.68 Å². The molecule has 0 saturated heterocycles. The number of para-hydroxylation sites is 1. The fraction of sp³-hybridized carbons (Fsp3) is 0.200. The number of anilines is 1. The molecule has 16 heavy (non-hydrogen) atoms. The second kappa shape index (κ2) is 4.40. The molecule has 84 valence electrons. The molecule has 0 fully saturated rings. The third-order valence-corrected chi connectivity index (χ3v) is 2.35. The van der Waals surface area contributed by atoms with Gasteiger partial charge in [0.05, 0.1) is 5.02 Å². The van der Waals surface area contributed by atoms with Crippen LogP contribution in [0.25, 0.3) is 0 Å². The standard InChI is InChI=1S/C10H11ClN4O/c1-15-10(12)13-9(14-15)6-16-8-5-3-2-4-7(8)11/h2-5H,6H2,1H3,(H2,12,13,14). The predicted octanol–water partition coefficient (Wildman–Crippen LogP) is 1.63. The number of ether oxygens (including phenoxy) is 1. The van der Waals surface area contributed by atoms with E-state index in [4.69, 9.17) is 22.1 Å². The van der Waals surface area contributed by atoms with Gasteiger partial charge in [0, 0.05) is 7.05 Å². The van der Waals surface area contributed by atoms with Crippen molar-refractivity contribution in [2.75, 3.05) is 5.73 Å². The Labute approximate surface area is 97.8 Å². The van der Waals surface area contributed by atoms with E-state index in [1.807, 2.05) is 12.1 Å². The molecular formula is C10H11ClN4O. The molecule has 0 aliphatic rings. The van der Waals surface area contributed by atoms with Gasteiger partial charge in [0.2, 0.25) is 5.95 Å². The first-order valence-corrected chi connectivity index (χ1v) is 5.07. The Bertz CT molecular complexity index is 478. The van der Waals surface area contributed by atoms with E-state index < -0.39 is 0 Å². The van der Waals surface area contributed by atoms with E-state index in [9.17, 15) is 0 Å². The largest absolute Gasteiger partial charge is 0.484 e. The van der Waals surface area contributed by atoms with Crippen LogP contribution in [0.5, 0.6) is 5.75 Å². The van der Waals surface area contributed by atoms with Crippen LogP contribution in [0.4, 0.5) is 5.95 Å². The first kappa shape index (κ1) is 10.8. The average molecular weight is 239 g/mol. The lowest BCUT2D eigenvalue weighted by Crippen LogP contribution is -1.99. The molecule has 0 atom stereocenters. The minimum absolute atomic E-state index is 0.245. The van der Waals surface area contributed by atoms with Gasteiger partial charge in [-0.1, -0.05) is 23.7 Å². The number of hydrogen-bond acceptors (Lipinski definition) is 4. The molecule has 0 saturated carbocycles. The van der Waals surface area contributed by atoms with Gasteiger partial charge in [-0.25, -0.2) is 4.68 Å². The Morgan fingerprint density at radius 2 is 2.19 bits per heavy atom. The lowest BCUT2D eigenvalue weighted by Gasteiger charge is -2.04. The highest BCUT2D eigenvalue weighted by molar-refractivity contribution is 6.32. The maximum atomic E-state index is 5.93. The number of aryl methyl sites for hydroxylation is 1. The summed E-state index contributed by atoms with van der Waals surface area (Å²) >= 11 is 5.93. The van der Waals surface area contributed by atoms with E-state index in [2.05, 4.69) is 10.1 Å². The summed E-state index contributed by atoms with van der Waals surface area (Å²) in [6, 6.07) is 7.24. The molecule has 2 N–H and O–H groups in total. The molecule has 1 aromatic carbocycles. The quantitative estimate of drug-likeness (QED) is 0.883. The number of nitrogen functional groups attached to an aromatic ring is 1. The van der Waals surface area contributed by atoms with E-state index in [0.29, 0.717) is 22.5 Å². The number of hydrogen-bond donors (Lipinski definition) is 1. The summed E-state index contributed by atoms with van der Waals surface area (Å²) < 4.78 is 6.96. The molecule has 2 rings (SSSR count). The zero-order valence-electron chi connectivity index (χ0n) is 8.72. The molecule has 0 aliphatic carbocycles. The van der Waals surface area contributed by atoms with Gasteiger partial charge in [0.15, 0.2) is 5.82 Å². The van der Waals surface area contributed by atoms with Crippen molar-refractivity contribution in [3.05, 3.63) is 35.1 Å². The molecule has 0 unspecified atom stereocenters. The first-order chi connectivity index (χ1) is 7.66. The molecule has 0 bridgehead atoms. The van der Waals surface area contributed by atoms with Gasteiger partial charge in [0.1, 0.15) is 12.4 Å². The number of rotatable bonds is 3. The molecule has 6 heteroatoms. The Hall–Kier alpha value is -1.75. The van der Waals surface area contributed by atoms with Gasteiger partial charge in [-0.15, -0.1) is 0 Å². The van der Waals surface area contributed by atoms with Crippen molar-refractivity contribution in [2.45, 2.75) is 6.61 Å². The highest BCUT2D eigenvalue weighted by atomic mass is 35.5. The Balaban J connectivity index is 2.05. The molecule has 1 heterocycles. The lowest BCUT2D eigenvalue weighted by molar-refractivity contribution is 0.295. The maximum Gasteiger partial charge on any atom is 0.218 e. The summed E-state index contributed by atoms with van der Waals surface area (Å²) in [7, 11) is 1.72. The van der Waals surface area contributed by atoms with Crippen molar-refractivity contribution >= 4 is 17.5 Å². The van der Waals surface area contributed by atoms with E-state index in [1.54, 1.807) is 19.2 Å². The van der Waals surface area contributed by atoms with Crippen LogP contribution in [0.2, 0.25) is 5.02 Å². The zero-order chi connectivity index (χ0) is 11.5. The lowest BCUT2D eigenvalue weighted by atomic mass is 10.3. The second-order valence-corrected chi connectivity index (χ2v) is 3.64. The van der Waals surface area contributed by atoms with Crippen LogP contribution in [0.3, 0.4) is 0 Å². The van der Waals surface area contributed by atoms with Gasteiger partial charge in [0.25, 0.3) is 0 Å². The summed E-state index contributed by atoms with van der Waals surface area (Å²) in [5.41, 5.74) is 5.55. The highest BCUT2D eigenvalue weighted by Gasteiger charge is 2.05. The predicted molar refractivity (Wildman–Crippen MR) is 61.2 cm³/mol. The number of benzene rings is 1. The minimum Gasteiger partial charge on any atom is -0.484 e. The molecule has 2 aromatic rings. The summed E-state index contributed by atoms with van der Waals surface area (Å²) in [4.78, 5) is 4.02. The summed E-state index contributed by atoms with van der Waals surface area (Å²) in [5.74, 6) is 1.49. The Kier molecular flexibility index (Phi) is 2.96. The molecular weight excluding hydrogens is 228 g/mol. The summed E-state index contributed by atoms with van der Waals surface area (Å²) in [6.45, 7) is 0.245. The van der Waals surface area contributed by atoms with Gasteiger partial charge in [-0.2, -0.15) is 10.1 Å². The highest BCUT2D eigenvalue weighted by Crippen LogP contribution is 2.23. The molecule has 5 nitrogen and oxygen atoms in total. The van der Waals surface area contributed by atoms with Crippen LogP contribution >= 0.6 is 11.6 Å². The summed E-state index contributed by atoms with van der Waals surface area (Å²) in [5, 5.41) is 4.63. The SMILES string of the molecule is Cn1nc(COc2ccccc2Cl)nc1N. The number of nitrogens with zero attached hydrogens (tertiary/aromatic N) is 3. The second-order valence-electron chi connectivity index (χ2n) is 3.23. The van der Waals surface area contributed by atoms with Gasteiger partial charge >= 0.3 is 0 Å². The maximum absolute atomic E-state index is 5.93. The molecule has 0 aliphatic heterocycles. The van der Waals surface area contributed by atoms with Gasteiger partial charge in [-0.3, -0.25) is 0 Å². The van der Waals surface area contributed by atoms with Crippen molar-refractivity contribution in [3.8, 4) is 5.75 Å². The van der Waals surface area contributed by atoms with Crippen molar-refractivity contribution < 1.29 is 4.74 Å². The number of aromatic nitrogens is 3. The normalized spacial score (nSPS) is 10.4. The van der Waals surface area contributed by atoms with Crippen LogP contribution in [-0.2, 0) is 13.7 Å². The fourth-order valence-corrected chi connectivity index (χ4v) is 1.41. The van der Waals surface area contributed by atoms with Crippen LogP contribution < -0.4 is 10.5 Å².